The van der Waals surface area contributed by atoms with Gasteiger partial charge in [0.1, 0.15) is 6.29 Å². The summed E-state index contributed by atoms with van der Waals surface area (Å²) < 4.78 is 60.7. The van der Waals surface area contributed by atoms with Crippen molar-refractivity contribution in [2.75, 3.05) is 12.3 Å². The second kappa shape index (κ2) is 7.79. The Morgan fingerprint density at radius 3 is 2.19 bits per heavy atom. The van der Waals surface area contributed by atoms with Crippen LogP contribution in [0.15, 0.2) is 0 Å². The van der Waals surface area contributed by atoms with E-state index in [4.69, 9.17) is 14.8 Å². The molecule has 0 heterocycles. The van der Waals surface area contributed by atoms with Gasteiger partial charge in [0, 0.05) is 6.54 Å². The Bertz CT molecular complexity index is 571. The van der Waals surface area contributed by atoms with Gasteiger partial charge in [-0.15, -0.1) is 0 Å². The van der Waals surface area contributed by atoms with Crippen molar-refractivity contribution in [2.24, 2.45) is 11.7 Å². The first kappa shape index (κ1) is 19.9. The molecule has 21 heavy (non-hydrogen) atoms. The maximum absolute atomic E-state index is 11.7. The summed E-state index contributed by atoms with van der Waals surface area (Å²) in [4.78, 5) is 22.1. The molecular formula is C9H18N2O8S2. The molecule has 0 rings (SSSR count). The topological polar surface area (TPSA) is 181 Å². The average Bonchev–Trinajstić information content (AvgIpc) is 2.31. The lowest BCUT2D eigenvalue weighted by molar-refractivity contribution is -0.121. The minimum Gasteiger partial charge on any atom is -0.355 e. The monoisotopic (exact) mass is 346 g/mol. The number of amides is 1. The fourth-order valence-electron chi connectivity index (χ4n) is 1.32. The Balaban J connectivity index is 4.79. The highest BCUT2D eigenvalue weighted by molar-refractivity contribution is 7.87. The van der Waals surface area contributed by atoms with Crippen molar-refractivity contribution >= 4 is 32.4 Å². The maximum atomic E-state index is 11.7. The van der Waals surface area contributed by atoms with Crippen molar-refractivity contribution < 1.29 is 35.5 Å². The highest BCUT2D eigenvalue weighted by Crippen LogP contribution is 2.07. The lowest BCUT2D eigenvalue weighted by atomic mass is 10.0. The fourth-order valence-corrected chi connectivity index (χ4v) is 2.77. The van der Waals surface area contributed by atoms with Gasteiger partial charge in [-0.1, -0.05) is 6.92 Å². The number of aldehydes is 1. The fraction of sp³-hybridized carbons (Fsp3) is 0.778. The van der Waals surface area contributed by atoms with Crippen LogP contribution in [0.1, 0.15) is 13.3 Å². The zero-order chi connectivity index (χ0) is 16.8. The van der Waals surface area contributed by atoms with Crippen LogP contribution in [0.4, 0.5) is 0 Å². The Morgan fingerprint density at radius 2 is 1.81 bits per heavy atom. The summed E-state index contributed by atoms with van der Waals surface area (Å²) in [6.07, 6.45) is -0.354. The molecule has 0 aliphatic carbocycles. The van der Waals surface area contributed by atoms with Gasteiger partial charge in [-0.25, -0.2) is 0 Å². The standard InChI is InChI=1S/C9H18N2O8S2/c1-6(7(10)5-12)4-11-9(13)8(21(17,18)19)2-3-20(14,15)16/h5-8H,2-4,10H2,1H3,(H,11,13)(H,14,15,16)(H,17,18,19). The van der Waals surface area contributed by atoms with Gasteiger partial charge in [0.25, 0.3) is 20.2 Å². The van der Waals surface area contributed by atoms with Crippen molar-refractivity contribution in [3.63, 3.8) is 0 Å². The van der Waals surface area contributed by atoms with Crippen LogP contribution in [0.3, 0.4) is 0 Å². The molecule has 0 aromatic rings. The predicted molar refractivity (Wildman–Crippen MR) is 72.6 cm³/mol. The quantitative estimate of drug-likeness (QED) is 0.266. The predicted octanol–water partition coefficient (Wildman–Crippen LogP) is -2.20. The van der Waals surface area contributed by atoms with Gasteiger partial charge in [0.15, 0.2) is 5.25 Å². The number of carbonyl (C=O) groups is 2. The van der Waals surface area contributed by atoms with Crippen LogP contribution in [0.25, 0.3) is 0 Å². The molecule has 0 aliphatic rings. The molecule has 0 radical (unpaired) electrons. The van der Waals surface area contributed by atoms with Gasteiger partial charge in [0.2, 0.25) is 5.91 Å². The number of hydrogen-bond acceptors (Lipinski definition) is 7. The molecule has 0 aliphatic heterocycles. The van der Waals surface area contributed by atoms with Crippen LogP contribution in [0, 0.1) is 5.92 Å². The van der Waals surface area contributed by atoms with E-state index < -0.39 is 55.5 Å². The minimum atomic E-state index is -4.85. The van der Waals surface area contributed by atoms with E-state index in [-0.39, 0.29) is 6.54 Å². The Hall–Kier alpha value is -1.08. The number of hydrogen-bond donors (Lipinski definition) is 4. The van der Waals surface area contributed by atoms with E-state index in [0.29, 0.717) is 6.29 Å². The van der Waals surface area contributed by atoms with Crippen LogP contribution < -0.4 is 11.1 Å². The molecule has 0 aromatic heterocycles. The summed E-state index contributed by atoms with van der Waals surface area (Å²) in [6, 6.07) is -0.868. The third kappa shape index (κ3) is 8.06. The SMILES string of the molecule is CC(CNC(=O)C(CCS(=O)(=O)O)S(=O)(=O)O)C(N)C=O. The van der Waals surface area contributed by atoms with Crippen molar-refractivity contribution in [3.8, 4) is 0 Å². The molecule has 124 valence electrons. The van der Waals surface area contributed by atoms with Gasteiger partial charge >= 0.3 is 0 Å². The molecule has 3 atom stereocenters. The Kier molecular flexibility index (Phi) is 7.39. The zero-order valence-electron chi connectivity index (χ0n) is 11.2. The third-order valence-corrected chi connectivity index (χ3v) is 4.62. The molecule has 0 bridgehead atoms. The first-order chi connectivity index (χ1) is 9.38. The first-order valence-corrected chi connectivity index (χ1v) is 8.89. The van der Waals surface area contributed by atoms with Gasteiger partial charge in [0.05, 0.1) is 11.8 Å². The normalized spacial score (nSPS) is 16.8. The first-order valence-electron chi connectivity index (χ1n) is 5.78. The number of carbonyl (C=O) groups excluding carboxylic acids is 2. The smallest absolute Gasteiger partial charge is 0.276 e. The van der Waals surface area contributed by atoms with Gasteiger partial charge in [-0.05, 0) is 12.3 Å². The van der Waals surface area contributed by atoms with Crippen molar-refractivity contribution in [2.45, 2.75) is 24.6 Å². The Labute approximate surface area is 122 Å². The van der Waals surface area contributed by atoms with Gasteiger partial charge in [-0.2, -0.15) is 16.8 Å². The van der Waals surface area contributed by atoms with Crippen molar-refractivity contribution in [3.05, 3.63) is 0 Å². The lowest BCUT2D eigenvalue weighted by Gasteiger charge is -2.18. The van der Waals surface area contributed by atoms with E-state index >= 15 is 0 Å². The van der Waals surface area contributed by atoms with E-state index in [1.54, 1.807) is 0 Å². The van der Waals surface area contributed by atoms with Gasteiger partial charge < -0.3 is 15.8 Å². The second-order valence-electron chi connectivity index (χ2n) is 4.51. The Morgan fingerprint density at radius 1 is 1.29 bits per heavy atom. The lowest BCUT2D eigenvalue weighted by Crippen LogP contribution is -2.45. The van der Waals surface area contributed by atoms with Crippen LogP contribution >= 0.6 is 0 Å². The summed E-state index contributed by atoms with van der Waals surface area (Å²) in [5.74, 6) is -2.64. The summed E-state index contributed by atoms with van der Waals surface area (Å²) in [5, 5.41) is 0.105. The second-order valence-corrected chi connectivity index (χ2v) is 7.69. The molecular weight excluding hydrogens is 328 g/mol. The highest BCUT2D eigenvalue weighted by atomic mass is 32.2. The van der Waals surface area contributed by atoms with Crippen LogP contribution in [0.5, 0.6) is 0 Å². The van der Waals surface area contributed by atoms with Gasteiger partial charge in [-0.3, -0.25) is 13.9 Å². The largest absolute Gasteiger partial charge is 0.355 e. The molecule has 1 amide bonds. The van der Waals surface area contributed by atoms with Crippen LogP contribution in [-0.2, 0) is 29.8 Å². The highest BCUT2D eigenvalue weighted by Gasteiger charge is 2.32. The molecule has 0 saturated heterocycles. The van der Waals surface area contributed by atoms with Crippen LogP contribution in [-0.4, -0.2) is 61.7 Å². The molecule has 10 nitrogen and oxygen atoms in total. The minimum absolute atomic E-state index is 0.142. The van der Waals surface area contributed by atoms with E-state index in [0.717, 1.165) is 0 Å². The number of nitrogens with two attached hydrogens (primary N) is 1. The molecule has 3 unspecified atom stereocenters. The van der Waals surface area contributed by atoms with E-state index in [1.807, 2.05) is 0 Å². The average molecular weight is 346 g/mol. The van der Waals surface area contributed by atoms with E-state index in [1.165, 1.54) is 6.92 Å². The van der Waals surface area contributed by atoms with E-state index in [2.05, 4.69) is 5.32 Å². The molecule has 0 aromatic carbocycles. The summed E-state index contributed by atoms with van der Waals surface area (Å²) in [7, 11) is -9.33. The summed E-state index contributed by atoms with van der Waals surface area (Å²) in [6.45, 7) is 1.39. The summed E-state index contributed by atoms with van der Waals surface area (Å²) >= 11 is 0. The van der Waals surface area contributed by atoms with E-state index in [9.17, 15) is 26.4 Å². The van der Waals surface area contributed by atoms with Crippen molar-refractivity contribution in [1.29, 1.82) is 0 Å². The number of rotatable bonds is 9. The number of nitrogens with one attached hydrogen (secondary N) is 1. The summed E-state index contributed by atoms with van der Waals surface area (Å²) in [5.41, 5.74) is 5.38. The third-order valence-electron chi connectivity index (χ3n) is 2.70. The molecule has 5 N–H and O–H groups in total. The molecule has 12 heteroatoms. The molecule has 0 saturated carbocycles. The molecule has 0 fully saturated rings. The molecule has 0 spiro atoms. The van der Waals surface area contributed by atoms with Crippen LogP contribution in [0.2, 0.25) is 0 Å². The maximum Gasteiger partial charge on any atom is 0.276 e. The van der Waals surface area contributed by atoms with Crippen molar-refractivity contribution in [1.82, 2.24) is 5.32 Å². The zero-order valence-corrected chi connectivity index (χ0v) is 12.8.